The van der Waals surface area contributed by atoms with Crippen LogP contribution in [-0.2, 0) is 4.74 Å². The summed E-state index contributed by atoms with van der Waals surface area (Å²) in [6.07, 6.45) is 12.9. The van der Waals surface area contributed by atoms with Gasteiger partial charge < -0.3 is 4.74 Å². The van der Waals surface area contributed by atoms with Gasteiger partial charge in [0.25, 0.3) is 0 Å². The van der Waals surface area contributed by atoms with Crippen molar-refractivity contribution < 1.29 is 4.74 Å². The van der Waals surface area contributed by atoms with Crippen molar-refractivity contribution in [1.29, 1.82) is 0 Å². The summed E-state index contributed by atoms with van der Waals surface area (Å²) in [4.78, 5) is 0. The van der Waals surface area contributed by atoms with Crippen molar-refractivity contribution in [3.63, 3.8) is 0 Å². The third-order valence-corrected chi connectivity index (χ3v) is 3.83. The molecule has 0 N–H and O–H groups in total. The van der Waals surface area contributed by atoms with Crippen molar-refractivity contribution in [1.82, 2.24) is 0 Å². The van der Waals surface area contributed by atoms with Crippen molar-refractivity contribution >= 4 is 0 Å². The van der Waals surface area contributed by atoms with Crippen LogP contribution in [0.5, 0.6) is 0 Å². The molecule has 0 heterocycles. The lowest BCUT2D eigenvalue weighted by molar-refractivity contribution is 0.117. The second kappa shape index (κ2) is 8.15. The molecule has 1 rings (SSSR count). The maximum Gasteiger partial charge on any atom is 0.0490 e. The number of hydrogen-bond donors (Lipinski definition) is 0. The van der Waals surface area contributed by atoms with Crippen molar-refractivity contribution in [3.05, 3.63) is 0 Å². The van der Waals surface area contributed by atoms with Crippen LogP contribution in [0.2, 0.25) is 0 Å². The lowest BCUT2D eigenvalue weighted by Crippen LogP contribution is -2.18. The highest BCUT2D eigenvalue weighted by Gasteiger charge is 2.20. The van der Waals surface area contributed by atoms with Gasteiger partial charge in [0, 0.05) is 13.7 Å². The molecular formula is C14H28O. The molecule has 0 atom stereocenters. The Bertz CT molecular complexity index is 134. The van der Waals surface area contributed by atoms with Gasteiger partial charge in [0.2, 0.25) is 0 Å². The van der Waals surface area contributed by atoms with Gasteiger partial charge in [-0.1, -0.05) is 51.9 Å². The van der Waals surface area contributed by atoms with E-state index in [0.29, 0.717) is 0 Å². The van der Waals surface area contributed by atoms with Gasteiger partial charge in [-0.25, -0.2) is 0 Å². The molecule has 1 aliphatic carbocycles. The van der Waals surface area contributed by atoms with Crippen LogP contribution in [0.15, 0.2) is 0 Å². The van der Waals surface area contributed by atoms with Crippen molar-refractivity contribution in [2.24, 2.45) is 11.8 Å². The molecule has 0 saturated heterocycles. The molecule has 0 radical (unpaired) electrons. The molecule has 0 aliphatic heterocycles. The van der Waals surface area contributed by atoms with Gasteiger partial charge in [-0.05, 0) is 24.7 Å². The Labute approximate surface area is 95.6 Å². The van der Waals surface area contributed by atoms with Crippen LogP contribution in [0.3, 0.4) is 0 Å². The third kappa shape index (κ3) is 5.55. The lowest BCUT2D eigenvalue weighted by atomic mass is 9.80. The van der Waals surface area contributed by atoms with Gasteiger partial charge in [-0.3, -0.25) is 0 Å². The van der Waals surface area contributed by atoms with E-state index < -0.39 is 0 Å². The summed E-state index contributed by atoms with van der Waals surface area (Å²) in [6, 6.07) is 0. The largest absolute Gasteiger partial charge is 0.384 e. The quantitative estimate of drug-likeness (QED) is 0.568. The average Bonchev–Trinajstić information content (AvgIpc) is 2.27. The van der Waals surface area contributed by atoms with Crippen LogP contribution in [0, 0.1) is 11.8 Å². The smallest absolute Gasteiger partial charge is 0.0490 e. The highest BCUT2D eigenvalue weighted by atomic mass is 16.5. The van der Waals surface area contributed by atoms with Gasteiger partial charge in [0.15, 0.2) is 0 Å². The lowest BCUT2D eigenvalue weighted by Gasteiger charge is -2.28. The van der Waals surface area contributed by atoms with Gasteiger partial charge in [0.05, 0.1) is 0 Å². The summed E-state index contributed by atoms with van der Waals surface area (Å²) in [7, 11) is 1.83. The Balaban J connectivity index is 1.99. The zero-order valence-electron chi connectivity index (χ0n) is 10.6. The molecule has 1 nitrogen and oxygen atoms in total. The van der Waals surface area contributed by atoms with Gasteiger partial charge >= 0.3 is 0 Å². The van der Waals surface area contributed by atoms with E-state index in [0.717, 1.165) is 18.4 Å². The summed E-state index contributed by atoms with van der Waals surface area (Å²) in [6.45, 7) is 3.28. The zero-order chi connectivity index (χ0) is 10.9. The minimum Gasteiger partial charge on any atom is -0.384 e. The molecule has 0 unspecified atom stereocenters. The fourth-order valence-corrected chi connectivity index (χ4v) is 2.78. The Hall–Kier alpha value is -0.0400. The van der Waals surface area contributed by atoms with Crippen molar-refractivity contribution in [3.8, 4) is 0 Å². The van der Waals surface area contributed by atoms with Crippen LogP contribution in [0.4, 0.5) is 0 Å². The molecular weight excluding hydrogens is 184 g/mol. The van der Waals surface area contributed by atoms with Crippen LogP contribution < -0.4 is 0 Å². The van der Waals surface area contributed by atoms with E-state index in [1.54, 1.807) is 0 Å². The summed E-state index contributed by atoms with van der Waals surface area (Å²) in [5, 5.41) is 0. The number of unbranched alkanes of at least 4 members (excludes halogenated alkanes) is 3. The van der Waals surface area contributed by atoms with Crippen molar-refractivity contribution in [2.75, 3.05) is 13.7 Å². The zero-order valence-corrected chi connectivity index (χ0v) is 10.6. The van der Waals surface area contributed by atoms with Crippen molar-refractivity contribution in [2.45, 2.75) is 64.7 Å². The summed E-state index contributed by atoms with van der Waals surface area (Å²) in [5.74, 6) is 1.90. The summed E-state index contributed by atoms with van der Waals surface area (Å²) >= 11 is 0. The molecule has 1 saturated carbocycles. The van der Waals surface area contributed by atoms with E-state index >= 15 is 0 Å². The normalized spacial score (nSPS) is 26.8. The molecule has 1 heteroatoms. The minimum absolute atomic E-state index is 0.863. The molecule has 1 aliphatic rings. The fourth-order valence-electron chi connectivity index (χ4n) is 2.78. The highest BCUT2D eigenvalue weighted by molar-refractivity contribution is 4.72. The van der Waals surface area contributed by atoms with Crippen LogP contribution in [0.25, 0.3) is 0 Å². The molecule has 0 spiro atoms. The Morgan fingerprint density at radius 2 is 1.60 bits per heavy atom. The topological polar surface area (TPSA) is 9.23 Å². The van der Waals surface area contributed by atoms with E-state index in [1.165, 1.54) is 57.8 Å². The average molecular weight is 212 g/mol. The second-order valence-electron chi connectivity index (χ2n) is 5.19. The number of hydrogen-bond acceptors (Lipinski definition) is 1. The Morgan fingerprint density at radius 3 is 2.20 bits per heavy atom. The van der Waals surface area contributed by atoms with E-state index in [2.05, 4.69) is 6.92 Å². The SMILES string of the molecule is CCCCCCC1CCC(COC)CC1. The fraction of sp³-hybridized carbons (Fsp3) is 1.00. The first-order chi connectivity index (χ1) is 7.36. The third-order valence-electron chi connectivity index (χ3n) is 3.83. The molecule has 0 aromatic rings. The molecule has 0 aromatic carbocycles. The standard InChI is InChI=1S/C14H28O/c1-3-4-5-6-7-13-8-10-14(11-9-13)12-15-2/h13-14H,3-12H2,1-2H3. The highest BCUT2D eigenvalue weighted by Crippen LogP contribution is 2.32. The van der Waals surface area contributed by atoms with E-state index in [9.17, 15) is 0 Å². The first kappa shape index (κ1) is 13.0. The van der Waals surface area contributed by atoms with Gasteiger partial charge in [-0.2, -0.15) is 0 Å². The van der Waals surface area contributed by atoms with E-state index in [4.69, 9.17) is 4.74 Å². The second-order valence-corrected chi connectivity index (χ2v) is 5.19. The molecule has 0 aromatic heterocycles. The first-order valence-corrected chi connectivity index (χ1v) is 6.85. The predicted molar refractivity (Wildman–Crippen MR) is 66.1 cm³/mol. The molecule has 0 bridgehead atoms. The monoisotopic (exact) mass is 212 g/mol. The van der Waals surface area contributed by atoms with Crippen LogP contribution in [-0.4, -0.2) is 13.7 Å². The summed E-state index contributed by atoms with van der Waals surface area (Å²) in [5.41, 5.74) is 0. The Morgan fingerprint density at radius 1 is 0.933 bits per heavy atom. The predicted octanol–water partition coefficient (Wildman–Crippen LogP) is 4.41. The molecule has 1 fully saturated rings. The maximum absolute atomic E-state index is 5.23. The number of ether oxygens (including phenoxy) is 1. The summed E-state index contributed by atoms with van der Waals surface area (Å²) < 4.78 is 5.23. The maximum atomic E-state index is 5.23. The van der Waals surface area contributed by atoms with Crippen LogP contribution >= 0.6 is 0 Å². The minimum atomic E-state index is 0.863. The van der Waals surface area contributed by atoms with E-state index in [-0.39, 0.29) is 0 Å². The first-order valence-electron chi connectivity index (χ1n) is 6.85. The van der Waals surface area contributed by atoms with Gasteiger partial charge in [0.1, 0.15) is 0 Å². The van der Waals surface area contributed by atoms with E-state index in [1.807, 2.05) is 7.11 Å². The molecule has 15 heavy (non-hydrogen) atoms. The molecule has 0 amide bonds. The number of rotatable bonds is 7. The number of methoxy groups -OCH3 is 1. The molecule has 90 valence electrons. The van der Waals surface area contributed by atoms with Crippen LogP contribution in [0.1, 0.15) is 64.7 Å². The van der Waals surface area contributed by atoms with Gasteiger partial charge in [-0.15, -0.1) is 0 Å². The Kier molecular flexibility index (Phi) is 7.08.